The molecule has 21 heavy (non-hydrogen) atoms. The van der Waals surface area contributed by atoms with E-state index >= 15 is 0 Å². The van der Waals surface area contributed by atoms with E-state index in [4.69, 9.17) is 5.11 Å². The zero-order valence-electron chi connectivity index (χ0n) is 11.2. The Morgan fingerprint density at radius 2 is 2.14 bits per heavy atom. The Hall–Kier alpha value is -2.49. The van der Waals surface area contributed by atoms with E-state index in [1.165, 1.54) is 14.0 Å². The standard InChI is InChI=1S/C11H12N4O5S/c1-5-8(10(18)19)9(21-13-5)14(2)7(17)4-15-6(16)3-12-11(15)20/h3-4H2,1-2H3,(H,12,20)(H,18,19). The van der Waals surface area contributed by atoms with Crippen molar-refractivity contribution in [2.24, 2.45) is 0 Å². The van der Waals surface area contributed by atoms with Crippen molar-refractivity contribution in [3.63, 3.8) is 0 Å². The maximum atomic E-state index is 12.1. The minimum Gasteiger partial charge on any atom is -0.478 e. The Kier molecular flexibility index (Phi) is 3.89. The summed E-state index contributed by atoms with van der Waals surface area (Å²) in [6.07, 6.45) is 0. The van der Waals surface area contributed by atoms with Crippen LogP contribution < -0.4 is 10.2 Å². The molecule has 0 unspecified atom stereocenters. The van der Waals surface area contributed by atoms with Gasteiger partial charge in [0, 0.05) is 7.05 Å². The topological polar surface area (TPSA) is 120 Å². The highest BCUT2D eigenvalue weighted by Crippen LogP contribution is 2.27. The van der Waals surface area contributed by atoms with Gasteiger partial charge < -0.3 is 15.3 Å². The summed E-state index contributed by atoms with van der Waals surface area (Å²) < 4.78 is 3.91. The minimum absolute atomic E-state index is 0.0620. The van der Waals surface area contributed by atoms with Crippen LogP contribution in [0, 0.1) is 6.92 Å². The number of hydrogen-bond donors (Lipinski definition) is 2. The fourth-order valence-corrected chi connectivity index (χ4v) is 2.67. The van der Waals surface area contributed by atoms with Crippen molar-refractivity contribution in [3.8, 4) is 0 Å². The number of nitrogens with one attached hydrogen (secondary N) is 1. The zero-order chi connectivity index (χ0) is 15.7. The van der Waals surface area contributed by atoms with E-state index in [1.54, 1.807) is 0 Å². The summed E-state index contributed by atoms with van der Waals surface area (Å²) in [5.41, 5.74) is 0.241. The average molecular weight is 312 g/mol. The molecule has 0 atom stereocenters. The monoisotopic (exact) mass is 312 g/mol. The van der Waals surface area contributed by atoms with Gasteiger partial charge >= 0.3 is 12.0 Å². The number of carboxylic acid groups (broad SMARTS) is 1. The molecule has 0 saturated carbocycles. The highest BCUT2D eigenvalue weighted by atomic mass is 32.1. The van der Waals surface area contributed by atoms with Gasteiger partial charge in [0.2, 0.25) is 5.91 Å². The third-order valence-electron chi connectivity index (χ3n) is 2.97. The molecule has 1 aliphatic rings. The Morgan fingerprint density at radius 3 is 2.67 bits per heavy atom. The lowest BCUT2D eigenvalue weighted by Crippen LogP contribution is -2.41. The van der Waals surface area contributed by atoms with Crippen molar-refractivity contribution in [1.29, 1.82) is 0 Å². The number of hydrogen-bond acceptors (Lipinski definition) is 6. The van der Waals surface area contributed by atoms with Crippen LogP contribution in [-0.2, 0) is 9.59 Å². The number of nitrogens with zero attached hydrogens (tertiary/aromatic N) is 3. The van der Waals surface area contributed by atoms with Gasteiger partial charge in [-0.15, -0.1) is 0 Å². The van der Waals surface area contributed by atoms with Crippen LogP contribution in [0.2, 0.25) is 0 Å². The number of aryl methyl sites for hydroxylation is 1. The van der Waals surface area contributed by atoms with E-state index < -0.39 is 30.4 Å². The predicted molar refractivity (Wildman–Crippen MR) is 72.3 cm³/mol. The van der Waals surface area contributed by atoms with Gasteiger partial charge in [-0.2, -0.15) is 4.37 Å². The molecule has 0 spiro atoms. The van der Waals surface area contributed by atoms with E-state index in [0.717, 1.165) is 21.3 Å². The molecule has 2 heterocycles. The summed E-state index contributed by atoms with van der Waals surface area (Å²) in [5.74, 6) is -2.27. The van der Waals surface area contributed by atoms with Crippen LogP contribution >= 0.6 is 11.5 Å². The highest BCUT2D eigenvalue weighted by molar-refractivity contribution is 7.11. The van der Waals surface area contributed by atoms with Gasteiger partial charge in [0.05, 0.1) is 12.2 Å². The Labute approximate surface area is 123 Å². The number of aromatic nitrogens is 1. The first-order valence-corrected chi connectivity index (χ1v) is 6.64. The molecule has 0 aromatic carbocycles. The average Bonchev–Trinajstić information content (AvgIpc) is 2.95. The molecule has 2 N–H and O–H groups in total. The summed E-state index contributed by atoms with van der Waals surface area (Å²) in [5, 5.41) is 11.6. The Morgan fingerprint density at radius 1 is 1.48 bits per heavy atom. The van der Waals surface area contributed by atoms with Crippen LogP contribution in [0.5, 0.6) is 0 Å². The number of aromatic carboxylic acids is 1. The van der Waals surface area contributed by atoms with E-state index in [-0.39, 0.29) is 17.1 Å². The Balaban J connectivity index is 2.18. The lowest BCUT2D eigenvalue weighted by molar-refractivity contribution is -0.129. The molecule has 9 nitrogen and oxygen atoms in total. The maximum absolute atomic E-state index is 12.1. The number of anilines is 1. The fraction of sp³-hybridized carbons (Fsp3) is 0.364. The maximum Gasteiger partial charge on any atom is 0.340 e. The number of imide groups is 1. The third kappa shape index (κ3) is 2.70. The first-order chi connectivity index (χ1) is 9.82. The second kappa shape index (κ2) is 5.48. The second-order valence-corrected chi connectivity index (χ2v) is 5.10. The molecule has 0 radical (unpaired) electrons. The Bertz CT molecular complexity index is 625. The summed E-state index contributed by atoms with van der Waals surface area (Å²) in [7, 11) is 1.38. The molecule has 1 aliphatic heterocycles. The largest absolute Gasteiger partial charge is 0.478 e. The number of carbonyl (C=O) groups is 4. The van der Waals surface area contributed by atoms with Gasteiger partial charge in [-0.3, -0.25) is 14.5 Å². The normalized spacial score (nSPS) is 14.3. The molecule has 1 aromatic heterocycles. The quantitative estimate of drug-likeness (QED) is 0.734. The van der Waals surface area contributed by atoms with E-state index in [2.05, 4.69) is 9.69 Å². The van der Waals surface area contributed by atoms with Crippen LogP contribution in [0.25, 0.3) is 0 Å². The molecular weight excluding hydrogens is 300 g/mol. The fourth-order valence-electron chi connectivity index (χ4n) is 1.80. The summed E-state index contributed by atoms with van der Waals surface area (Å²) >= 11 is 0.871. The number of rotatable bonds is 4. The van der Waals surface area contributed by atoms with Crippen molar-refractivity contribution in [2.45, 2.75) is 6.92 Å². The molecular formula is C11H12N4O5S. The lowest BCUT2D eigenvalue weighted by atomic mass is 10.2. The summed E-state index contributed by atoms with van der Waals surface area (Å²) in [4.78, 5) is 48.0. The van der Waals surface area contributed by atoms with Gasteiger partial charge in [-0.1, -0.05) is 0 Å². The zero-order valence-corrected chi connectivity index (χ0v) is 12.1. The third-order valence-corrected chi connectivity index (χ3v) is 3.98. The first kappa shape index (κ1) is 14.9. The van der Waals surface area contributed by atoms with Crippen LogP contribution in [0.1, 0.15) is 16.1 Å². The SMILES string of the molecule is Cc1nsc(N(C)C(=O)CN2C(=O)CNC2=O)c1C(=O)O. The molecule has 1 aromatic rings. The molecule has 1 fully saturated rings. The van der Waals surface area contributed by atoms with E-state index in [0.29, 0.717) is 5.69 Å². The smallest absolute Gasteiger partial charge is 0.340 e. The number of urea groups is 1. The van der Waals surface area contributed by atoms with Gasteiger partial charge in [-0.05, 0) is 18.5 Å². The minimum atomic E-state index is -1.19. The first-order valence-electron chi connectivity index (χ1n) is 5.87. The van der Waals surface area contributed by atoms with Gasteiger partial charge in [0.1, 0.15) is 17.1 Å². The predicted octanol–water partition coefficient (Wildman–Crippen LogP) is -0.336. The molecule has 112 valence electrons. The van der Waals surface area contributed by atoms with E-state index in [1.807, 2.05) is 0 Å². The summed E-state index contributed by atoms with van der Waals surface area (Å²) in [6, 6.07) is -0.638. The molecule has 10 heteroatoms. The van der Waals surface area contributed by atoms with Gasteiger partial charge in [0.15, 0.2) is 0 Å². The number of carbonyl (C=O) groups excluding carboxylic acids is 3. The highest BCUT2D eigenvalue weighted by Gasteiger charge is 2.32. The molecule has 0 aliphatic carbocycles. The number of likely N-dealkylation sites (N-methyl/N-ethyl adjacent to an activating group) is 1. The number of amides is 4. The van der Waals surface area contributed by atoms with Crippen molar-refractivity contribution in [1.82, 2.24) is 14.6 Å². The van der Waals surface area contributed by atoms with Crippen LogP contribution in [0.3, 0.4) is 0 Å². The van der Waals surface area contributed by atoms with Crippen LogP contribution in [0.4, 0.5) is 9.80 Å². The van der Waals surface area contributed by atoms with Crippen LogP contribution in [0.15, 0.2) is 0 Å². The van der Waals surface area contributed by atoms with Crippen molar-refractivity contribution in [2.75, 3.05) is 25.0 Å². The molecule has 0 bridgehead atoms. The van der Waals surface area contributed by atoms with Crippen molar-refractivity contribution >= 4 is 40.3 Å². The molecule has 2 rings (SSSR count). The van der Waals surface area contributed by atoms with E-state index in [9.17, 15) is 19.2 Å². The second-order valence-electron chi connectivity index (χ2n) is 4.34. The molecule has 1 saturated heterocycles. The summed E-state index contributed by atoms with van der Waals surface area (Å²) in [6.45, 7) is 0.937. The van der Waals surface area contributed by atoms with Crippen LogP contribution in [-0.4, -0.2) is 58.3 Å². The van der Waals surface area contributed by atoms with Gasteiger partial charge in [-0.25, -0.2) is 9.59 Å². The van der Waals surface area contributed by atoms with Gasteiger partial charge in [0.25, 0.3) is 5.91 Å². The molecule has 4 amide bonds. The van der Waals surface area contributed by atoms with Crippen molar-refractivity contribution < 1.29 is 24.3 Å². The van der Waals surface area contributed by atoms with Crippen molar-refractivity contribution in [3.05, 3.63) is 11.3 Å². The lowest BCUT2D eigenvalue weighted by Gasteiger charge is -2.19. The number of carboxylic acids is 1.